The van der Waals surface area contributed by atoms with Crippen molar-refractivity contribution >= 4 is 5.97 Å². The third-order valence-corrected chi connectivity index (χ3v) is 3.91. The number of benzene rings is 1. The first kappa shape index (κ1) is 15.0. The fourth-order valence-electron chi connectivity index (χ4n) is 2.70. The first-order valence-corrected chi connectivity index (χ1v) is 7.13. The van der Waals surface area contributed by atoms with Crippen molar-refractivity contribution in [2.45, 2.75) is 43.8 Å². The third-order valence-electron chi connectivity index (χ3n) is 3.91. The third kappa shape index (κ3) is 4.05. The van der Waals surface area contributed by atoms with Gasteiger partial charge in [0.25, 0.3) is 0 Å². The molecular weight excluding hydrogens is 256 g/mol. The highest BCUT2D eigenvalue weighted by Gasteiger charge is 2.26. The lowest BCUT2D eigenvalue weighted by Gasteiger charge is -2.29. The van der Waals surface area contributed by atoms with Crippen LogP contribution < -0.4 is 0 Å². The van der Waals surface area contributed by atoms with Gasteiger partial charge in [-0.25, -0.2) is 0 Å². The summed E-state index contributed by atoms with van der Waals surface area (Å²) in [5.74, 6) is -1.44. The standard InChI is InChI=1S/C16H22O4/c1-19-13-8-5-9-14(10-13)20-11-15(16(17)18)12-6-3-2-4-7-12/h2-4,6-7,13-15H,5,8-11H2,1H3,(H,17,18). The van der Waals surface area contributed by atoms with Crippen LogP contribution in [0.3, 0.4) is 0 Å². The van der Waals surface area contributed by atoms with Crippen LogP contribution in [0.2, 0.25) is 0 Å². The number of carboxylic acid groups (broad SMARTS) is 1. The highest BCUT2D eigenvalue weighted by atomic mass is 16.5. The molecule has 4 nitrogen and oxygen atoms in total. The number of methoxy groups -OCH3 is 1. The predicted molar refractivity (Wildman–Crippen MR) is 75.8 cm³/mol. The van der Waals surface area contributed by atoms with Gasteiger partial charge in [-0.1, -0.05) is 30.3 Å². The molecule has 3 unspecified atom stereocenters. The Morgan fingerprint density at radius 1 is 1.30 bits per heavy atom. The minimum absolute atomic E-state index is 0.110. The largest absolute Gasteiger partial charge is 0.481 e. The zero-order chi connectivity index (χ0) is 14.4. The monoisotopic (exact) mass is 278 g/mol. The van der Waals surface area contributed by atoms with Crippen molar-refractivity contribution in [2.24, 2.45) is 0 Å². The fraction of sp³-hybridized carbons (Fsp3) is 0.562. The van der Waals surface area contributed by atoms with E-state index in [1.54, 1.807) is 7.11 Å². The van der Waals surface area contributed by atoms with E-state index in [1.807, 2.05) is 30.3 Å². The number of carbonyl (C=O) groups is 1. The van der Waals surface area contributed by atoms with Gasteiger partial charge in [0.05, 0.1) is 18.8 Å². The van der Waals surface area contributed by atoms with E-state index in [0.717, 1.165) is 31.2 Å². The van der Waals surface area contributed by atoms with E-state index in [9.17, 15) is 9.90 Å². The number of hydrogen-bond acceptors (Lipinski definition) is 3. The number of rotatable bonds is 6. The van der Waals surface area contributed by atoms with E-state index in [1.165, 1.54) is 0 Å². The van der Waals surface area contributed by atoms with Crippen LogP contribution in [0.4, 0.5) is 0 Å². The smallest absolute Gasteiger partial charge is 0.313 e. The lowest BCUT2D eigenvalue weighted by atomic mass is 9.94. The van der Waals surface area contributed by atoms with Crippen molar-refractivity contribution in [1.82, 2.24) is 0 Å². The van der Waals surface area contributed by atoms with Gasteiger partial charge in [-0.2, -0.15) is 0 Å². The molecule has 0 bridgehead atoms. The Hall–Kier alpha value is -1.39. The summed E-state index contributed by atoms with van der Waals surface area (Å²) in [4.78, 5) is 11.4. The van der Waals surface area contributed by atoms with Gasteiger partial charge >= 0.3 is 5.97 Å². The summed E-state index contributed by atoms with van der Waals surface area (Å²) in [7, 11) is 1.72. The molecule has 1 aliphatic carbocycles. The average Bonchev–Trinajstić information content (AvgIpc) is 2.48. The second-order valence-corrected chi connectivity index (χ2v) is 5.28. The van der Waals surface area contributed by atoms with Gasteiger partial charge in [0.15, 0.2) is 0 Å². The van der Waals surface area contributed by atoms with Crippen molar-refractivity contribution in [1.29, 1.82) is 0 Å². The SMILES string of the molecule is COC1CCCC(OCC(C(=O)O)c2ccccc2)C1. The molecule has 1 aliphatic rings. The van der Waals surface area contributed by atoms with Gasteiger partial charge in [0, 0.05) is 7.11 Å². The van der Waals surface area contributed by atoms with Crippen LogP contribution >= 0.6 is 0 Å². The molecule has 20 heavy (non-hydrogen) atoms. The van der Waals surface area contributed by atoms with E-state index >= 15 is 0 Å². The van der Waals surface area contributed by atoms with Crippen LogP contribution in [0.25, 0.3) is 0 Å². The molecule has 1 aromatic carbocycles. The van der Waals surface area contributed by atoms with E-state index in [-0.39, 0.29) is 18.8 Å². The van der Waals surface area contributed by atoms with Gasteiger partial charge in [0.2, 0.25) is 0 Å². The Morgan fingerprint density at radius 3 is 2.65 bits per heavy atom. The Labute approximate surface area is 119 Å². The van der Waals surface area contributed by atoms with Gasteiger partial charge in [-0.15, -0.1) is 0 Å². The molecule has 1 fully saturated rings. The maximum atomic E-state index is 11.4. The second kappa shape index (κ2) is 7.41. The number of ether oxygens (including phenoxy) is 2. The summed E-state index contributed by atoms with van der Waals surface area (Å²) in [5.41, 5.74) is 0.791. The van der Waals surface area contributed by atoms with Crippen LogP contribution in [-0.4, -0.2) is 37.0 Å². The summed E-state index contributed by atoms with van der Waals surface area (Å²) in [6.45, 7) is 0.223. The molecule has 0 spiro atoms. The topological polar surface area (TPSA) is 55.8 Å². The normalized spacial score (nSPS) is 24.2. The molecule has 110 valence electrons. The summed E-state index contributed by atoms with van der Waals surface area (Å²) >= 11 is 0. The molecule has 4 heteroatoms. The summed E-state index contributed by atoms with van der Waals surface area (Å²) in [6, 6.07) is 9.26. The minimum atomic E-state index is -0.838. The maximum absolute atomic E-state index is 11.4. The quantitative estimate of drug-likeness (QED) is 0.869. The zero-order valence-corrected chi connectivity index (χ0v) is 11.8. The molecule has 1 saturated carbocycles. The molecule has 0 aromatic heterocycles. The second-order valence-electron chi connectivity index (χ2n) is 5.28. The van der Waals surface area contributed by atoms with Crippen LogP contribution in [0.1, 0.15) is 37.2 Å². The van der Waals surface area contributed by atoms with Crippen molar-refractivity contribution in [3.63, 3.8) is 0 Å². The number of hydrogen-bond donors (Lipinski definition) is 1. The molecule has 0 aliphatic heterocycles. The Bertz CT molecular complexity index is 418. The molecule has 1 N–H and O–H groups in total. The molecule has 0 saturated heterocycles. The van der Waals surface area contributed by atoms with E-state index in [4.69, 9.17) is 9.47 Å². The highest BCUT2D eigenvalue weighted by Crippen LogP contribution is 2.25. The van der Waals surface area contributed by atoms with Crippen molar-refractivity contribution in [3.8, 4) is 0 Å². The van der Waals surface area contributed by atoms with Gasteiger partial charge in [0.1, 0.15) is 5.92 Å². The van der Waals surface area contributed by atoms with Crippen LogP contribution in [0.15, 0.2) is 30.3 Å². The molecule has 2 rings (SSSR count). The van der Waals surface area contributed by atoms with Crippen LogP contribution in [-0.2, 0) is 14.3 Å². The summed E-state index contributed by atoms with van der Waals surface area (Å²) in [5, 5.41) is 9.35. The lowest BCUT2D eigenvalue weighted by molar-refractivity contribution is -0.141. The number of carboxylic acids is 1. The van der Waals surface area contributed by atoms with E-state index in [2.05, 4.69) is 0 Å². The number of aliphatic carboxylic acids is 1. The molecule has 3 atom stereocenters. The van der Waals surface area contributed by atoms with Gasteiger partial charge in [-0.05, 0) is 31.2 Å². The molecular formula is C16H22O4. The minimum Gasteiger partial charge on any atom is -0.481 e. The Morgan fingerprint density at radius 2 is 2.00 bits per heavy atom. The van der Waals surface area contributed by atoms with Crippen LogP contribution in [0, 0.1) is 0 Å². The highest BCUT2D eigenvalue weighted by molar-refractivity contribution is 5.76. The average molecular weight is 278 g/mol. The molecule has 0 radical (unpaired) electrons. The molecule has 0 amide bonds. The Balaban J connectivity index is 1.91. The van der Waals surface area contributed by atoms with Crippen molar-refractivity contribution < 1.29 is 19.4 Å². The zero-order valence-electron chi connectivity index (χ0n) is 11.8. The predicted octanol–water partition coefficient (Wildman–Crippen LogP) is 2.83. The Kier molecular flexibility index (Phi) is 5.56. The molecule has 1 aromatic rings. The summed E-state index contributed by atoms with van der Waals surface area (Å²) in [6.07, 6.45) is 4.34. The van der Waals surface area contributed by atoms with Crippen molar-refractivity contribution in [2.75, 3.05) is 13.7 Å². The summed E-state index contributed by atoms with van der Waals surface area (Å²) < 4.78 is 11.2. The lowest BCUT2D eigenvalue weighted by Crippen LogP contribution is -2.30. The van der Waals surface area contributed by atoms with E-state index < -0.39 is 11.9 Å². The van der Waals surface area contributed by atoms with Gasteiger partial charge in [-0.3, -0.25) is 4.79 Å². The first-order valence-electron chi connectivity index (χ1n) is 7.13. The van der Waals surface area contributed by atoms with E-state index in [0.29, 0.717) is 0 Å². The fourth-order valence-corrected chi connectivity index (χ4v) is 2.70. The van der Waals surface area contributed by atoms with Crippen molar-refractivity contribution in [3.05, 3.63) is 35.9 Å². The van der Waals surface area contributed by atoms with Crippen LogP contribution in [0.5, 0.6) is 0 Å². The van der Waals surface area contributed by atoms with Gasteiger partial charge < -0.3 is 14.6 Å². The molecule has 0 heterocycles. The maximum Gasteiger partial charge on any atom is 0.313 e. The first-order chi connectivity index (χ1) is 9.70.